The molecule has 1 aromatic heterocycles. The zero-order valence-electron chi connectivity index (χ0n) is 16.8. The van der Waals surface area contributed by atoms with Crippen LogP contribution in [0.3, 0.4) is 0 Å². The van der Waals surface area contributed by atoms with Crippen molar-refractivity contribution in [2.45, 2.75) is 25.0 Å². The van der Waals surface area contributed by atoms with Crippen molar-refractivity contribution in [3.63, 3.8) is 0 Å². The monoisotopic (exact) mass is 461 g/mol. The number of hydrogen-bond acceptors (Lipinski definition) is 2. The number of aromatic nitrogens is 1. The van der Waals surface area contributed by atoms with Crippen molar-refractivity contribution in [3.8, 4) is 5.75 Å². The van der Waals surface area contributed by atoms with E-state index < -0.39 is 5.60 Å². The van der Waals surface area contributed by atoms with Gasteiger partial charge < -0.3 is 26.8 Å². The van der Waals surface area contributed by atoms with Gasteiger partial charge in [-0.2, -0.15) is 4.57 Å². The molecular weight excluding hydrogens is 438 g/mol. The first-order valence-corrected chi connectivity index (χ1v) is 10.1. The molecule has 5 rings (SSSR count). The molecule has 0 bridgehead atoms. The van der Waals surface area contributed by atoms with E-state index in [1.165, 1.54) is 5.39 Å². The van der Waals surface area contributed by atoms with Gasteiger partial charge in [0.15, 0.2) is 11.3 Å². The van der Waals surface area contributed by atoms with E-state index in [0.717, 1.165) is 28.1 Å². The van der Waals surface area contributed by atoms with Gasteiger partial charge in [0.2, 0.25) is 11.6 Å². The Kier molecular flexibility index (Phi) is 5.63. The third kappa shape index (κ3) is 3.30. The fourth-order valence-corrected chi connectivity index (χ4v) is 4.63. The number of ether oxygens (including phenoxy) is 1. The summed E-state index contributed by atoms with van der Waals surface area (Å²) in [4.78, 5) is 0. The summed E-state index contributed by atoms with van der Waals surface area (Å²) in [5, 5.41) is 13.3. The van der Waals surface area contributed by atoms with Gasteiger partial charge in [-0.1, -0.05) is 54.6 Å². The van der Waals surface area contributed by atoms with Crippen molar-refractivity contribution < 1.29 is 31.4 Å². The normalized spacial score (nSPS) is 19.9. The van der Waals surface area contributed by atoms with Crippen LogP contribution in [0.15, 0.2) is 91.0 Å². The Morgan fingerprint density at radius 3 is 2.33 bits per heavy atom. The number of para-hydroxylation sites is 1. The molecular formula is C26H24BrNO2. The molecule has 152 valence electrons. The molecule has 2 heterocycles. The van der Waals surface area contributed by atoms with Crippen LogP contribution in [0, 0.1) is 0 Å². The predicted molar refractivity (Wildman–Crippen MR) is 114 cm³/mol. The molecule has 30 heavy (non-hydrogen) atoms. The number of aliphatic hydroxyl groups is 1. The average Bonchev–Trinajstić information content (AvgIpc) is 3.08. The van der Waals surface area contributed by atoms with E-state index >= 15 is 0 Å². The number of halogens is 1. The zero-order chi connectivity index (χ0) is 19.8. The molecule has 0 saturated heterocycles. The smallest absolute Gasteiger partial charge is 0.217 e. The average molecular weight is 462 g/mol. The SMILES string of the molecule is CCOc1ccc(C2(O)Cc3ccc4ccccc4[n+]3C2c2ccccc2)cc1.[Br-]. The van der Waals surface area contributed by atoms with Crippen LogP contribution in [0.1, 0.15) is 29.8 Å². The minimum atomic E-state index is -1.04. The maximum absolute atomic E-state index is 12.1. The van der Waals surface area contributed by atoms with Crippen LogP contribution in [-0.4, -0.2) is 11.7 Å². The summed E-state index contributed by atoms with van der Waals surface area (Å²) < 4.78 is 7.91. The standard InChI is InChI=1S/C26H24NO2.BrH/c1-2-29-23-16-13-21(14-17-23)26(28)18-22-15-12-19-8-6-7-11-24(19)27(22)25(26)20-9-4-3-5-10-20;/h3-17,25,28H,2,18H2,1H3;1H/q+1;/p-1. The summed E-state index contributed by atoms with van der Waals surface area (Å²) in [6.45, 7) is 2.60. The summed E-state index contributed by atoms with van der Waals surface area (Å²) in [6, 6.07) is 30.7. The fourth-order valence-electron chi connectivity index (χ4n) is 4.63. The number of hydrogen-bond donors (Lipinski definition) is 1. The second-order valence-electron chi connectivity index (χ2n) is 7.63. The molecule has 2 atom stereocenters. The van der Waals surface area contributed by atoms with Gasteiger partial charge in [-0.3, -0.25) is 0 Å². The Labute approximate surface area is 187 Å². The third-order valence-corrected chi connectivity index (χ3v) is 5.90. The molecule has 0 saturated carbocycles. The van der Waals surface area contributed by atoms with Crippen LogP contribution in [-0.2, 0) is 12.0 Å². The lowest BCUT2D eigenvalue weighted by Crippen LogP contribution is -3.00. The summed E-state index contributed by atoms with van der Waals surface area (Å²) in [5.74, 6) is 0.824. The first kappa shape index (κ1) is 20.6. The number of benzene rings is 3. The Balaban J connectivity index is 0.00000218. The van der Waals surface area contributed by atoms with Crippen molar-refractivity contribution in [1.82, 2.24) is 0 Å². The van der Waals surface area contributed by atoms with Gasteiger partial charge in [-0.05, 0) is 36.8 Å². The van der Waals surface area contributed by atoms with E-state index in [1.54, 1.807) is 0 Å². The minimum absolute atomic E-state index is 0. The highest BCUT2D eigenvalue weighted by atomic mass is 79.9. The van der Waals surface area contributed by atoms with Crippen molar-refractivity contribution in [2.75, 3.05) is 6.61 Å². The summed E-state index contributed by atoms with van der Waals surface area (Å²) >= 11 is 0. The molecule has 2 unspecified atom stereocenters. The number of fused-ring (bicyclic) bond motifs is 3. The molecule has 0 amide bonds. The second kappa shape index (κ2) is 8.21. The molecule has 0 aliphatic carbocycles. The van der Waals surface area contributed by atoms with E-state index in [-0.39, 0.29) is 23.0 Å². The maximum Gasteiger partial charge on any atom is 0.217 e. The van der Waals surface area contributed by atoms with Crippen molar-refractivity contribution >= 4 is 10.9 Å². The Morgan fingerprint density at radius 1 is 0.900 bits per heavy atom. The first-order chi connectivity index (χ1) is 14.2. The summed E-state index contributed by atoms with van der Waals surface area (Å²) in [6.07, 6.45) is 0.561. The molecule has 4 heteroatoms. The van der Waals surface area contributed by atoms with E-state index in [4.69, 9.17) is 4.74 Å². The van der Waals surface area contributed by atoms with Crippen LogP contribution in [0.5, 0.6) is 5.75 Å². The molecule has 0 radical (unpaired) electrons. The van der Waals surface area contributed by atoms with Crippen molar-refractivity contribution in [1.29, 1.82) is 0 Å². The maximum atomic E-state index is 12.1. The molecule has 1 N–H and O–H groups in total. The lowest BCUT2D eigenvalue weighted by molar-refractivity contribution is -0.693. The quantitative estimate of drug-likeness (QED) is 0.468. The van der Waals surface area contributed by atoms with Crippen LogP contribution in [0.4, 0.5) is 0 Å². The largest absolute Gasteiger partial charge is 1.00 e. The van der Waals surface area contributed by atoms with Gasteiger partial charge in [-0.25, -0.2) is 0 Å². The number of nitrogens with zero attached hydrogens (tertiary/aromatic N) is 1. The van der Waals surface area contributed by atoms with Crippen LogP contribution < -0.4 is 26.3 Å². The topological polar surface area (TPSA) is 33.3 Å². The van der Waals surface area contributed by atoms with Crippen molar-refractivity contribution in [2.24, 2.45) is 0 Å². The van der Waals surface area contributed by atoms with Crippen LogP contribution >= 0.6 is 0 Å². The molecule has 1 aliphatic heterocycles. The Bertz CT molecular complexity index is 1160. The highest BCUT2D eigenvalue weighted by Gasteiger charge is 2.54. The minimum Gasteiger partial charge on any atom is -1.00 e. The predicted octanol–water partition coefficient (Wildman–Crippen LogP) is 1.56. The number of pyridine rings is 1. The molecule has 1 aliphatic rings. The highest BCUT2D eigenvalue weighted by molar-refractivity contribution is 5.75. The van der Waals surface area contributed by atoms with Gasteiger partial charge in [0.25, 0.3) is 0 Å². The van der Waals surface area contributed by atoms with E-state index in [1.807, 2.05) is 49.4 Å². The van der Waals surface area contributed by atoms with Crippen LogP contribution in [0.2, 0.25) is 0 Å². The van der Waals surface area contributed by atoms with Gasteiger partial charge in [0.1, 0.15) is 5.75 Å². The van der Waals surface area contributed by atoms with Crippen LogP contribution in [0.25, 0.3) is 10.9 Å². The van der Waals surface area contributed by atoms with Crippen molar-refractivity contribution in [3.05, 3.63) is 108 Å². The van der Waals surface area contributed by atoms with Gasteiger partial charge in [0, 0.05) is 23.1 Å². The fraction of sp³-hybridized carbons (Fsp3) is 0.192. The molecule has 0 spiro atoms. The molecule has 3 aromatic carbocycles. The molecule has 4 aromatic rings. The summed E-state index contributed by atoms with van der Waals surface area (Å²) in [7, 11) is 0. The third-order valence-electron chi connectivity index (χ3n) is 5.90. The Hall–Kier alpha value is -2.69. The van der Waals surface area contributed by atoms with Gasteiger partial charge in [0.05, 0.1) is 13.0 Å². The lowest BCUT2D eigenvalue weighted by atomic mass is 9.82. The van der Waals surface area contributed by atoms with Gasteiger partial charge in [-0.15, -0.1) is 0 Å². The lowest BCUT2D eigenvalue weighted by Gasteiger charge is -2.26. The van der Waals surface area contributed by atoms with Gasteiger partial charge >= 0.3 is 0 Å². The van der Waals surface area contributed by atoms with E-state index in [0.29, 0.717) is 13.0 Å². The number of rotatable bonds is 4. The first-order valence-electron chi connectivity index (χ1n) is 10.1. The Morgan fingerprint density at radius 2 is 1.60 bits per heavy atom. The van der Waals surface area contributed by atoms with E-state index in [9.17, 15) is 5.11 Å². The molecule has 0 fully saturated rings. The zero-order valence-corrected chi connectivity index (χ0v) is 18.4. The summed E-state index contributed by atoms with van der Waals surface area (Å²) in [5.41, 5.74) is 3.24. The molecule has 3 nitrogen and oxygen atoms in total. The highest BCUT2D eigenvalue weighted by Crippen LogP contribution is 2.43. The van der Waals surface area contributed by atoms with E-state index in [2.05, 4.69) is 53.1 Å². The second-order valence-corrected chi connectivity index (χ2v) is 7.63.